The smallest absolute Gasteiger partial charge is 0.305 e. The molecule has 1 aliphatic rings. The molecule has 2 atom stereocenters. The maximum atomic E-state index is 11.1. The largest absolute Gasteiger partial charge is 0.466 e. The molecule has 0 saturated carbocycles. The van der Waals surface area contributed by atoms with E-state index < -0.39 is 0 Å². The van der Waals surface area contributed by atoms with E-state index >= 15 is 0 Å². The SMILES string of the molecule is CCOC(=O)CCC(N)CC1CCOC1. The number of nitrogens with two attached hydrogens (primary N) is 1. The summed E-state index contributed by atoms with van der Waals surface area (Å²) in [5, 5.41) is 0. The lowest BCUT2D eigenvalue weighted by Crippen LogP contribution is -2.25. The highest BCUT2D eigenvalue weighted by Crippen LogP contribution is 2.19. The molecule has 1 fully saturated rings. The van der Waals surface area contributed by atoms with Crippen molar-refractivity contribution in [2.45, 2.75) is 38.6 Å². The van der Waals surface area contributed by atoms with E-state index in [1.807, 2.05) is 6.92 Å². The number of rotatable bonds is 6. The van der Waals surface area contributed by atoms with Gasteiger partial charge in [0.05, 0.1) is 6.61 Å². The first-order valence-corrected chi connectivity index (χ1v) is 5.71. The fourth-order valence-corrected chi connectivity index (χ4v) is 1.85. The number of hydrogen-bond donors (Lipinski definition) is 1. The summed E-state index contributed by atoms with van der Waals surface area (Å²) in [6, 6.07) is 0.0982. The van der Waals surface area contributed by atoms with Gasteiger partial charge in [-0.3, -0.25) is 4.79 Å². The van der Waals surface area contributed by atoms with Crippen molar-refractivity contribution in [3.05, 3.63) is 0 Å². The molecule has 4 heteroatoms. The van der Waals surface area contributed by atoms with E-state index in [2.05, 4.69) is 0 Å². The van der Waals surface area contributed by atoms with Crippen molar-refractivity contribution < 1.29 is 14.3 Å². The van der Waals surface area contributed by atoms with Crippen molar-refractivity contribution in [2.75, 3.05) is 19.8 Å². The third-order valence-corrected chi connectivity index (χ3v) is 2.68. The van der Waals surface area contributed by atoms with E-state index in [-0.39, 0.29) is 12.0 Å². The molecule has 0 aromatic carbocycles. The number of hydrogen-bond acceptors (Lipinski definition) is 4. The molecule has 1 saturated heterocycles. The maximum absolute atomic E-state index is 11.1. The molecule has 0 aliphatic carbocycles. The number of carbonyl (C=O) groups is 1. The van der Waals surface area contributed by atoms with Crippen LogP contribution in [0.1, 0.15) is 32.6 Å². The normalized spacial score (nSPS) is 22.7. The summed E-state index contributed by atoms with van der Waals surface area (Å²) >= 11 is 0. The van der Waals surface area contributed by atoms with Crippen LogP contribution in [-0.2, 0) is 14.3 Å². The minimum absolute atomic E-state index is 0.0982. The topological polar surface area (TPSA) is 61.5 Å². The molecule has 0 spiro atoms. The molecule has 1 aliphatic heterocycles. The van der Waals surface area contributed by atoms with Crippen LogP contribution in [0.4, 0.5) is 0 Å². The van der Waals surface area contributed by atoms with Crippen LogP contribution in [0.15, 0.2) is 0 Å². The molecule has 2 N–H and O–H groups in total. The van der Waals surface area contributed by atoms with Crippen molar-refractivity contribution in [3.63, 3.8) is 0 Å². The van der Waals surface area contributed by atoms with Crippen molar-refractivity contribution in [2.24, 2.45) is 11.7 Å². The predicted octanol–water partition coefficient (Wildman–Crippen LogP) is 1.08. The Morgan fingerprint density at radius 1 is 1.67 bits per heavy atom. The van der Waals surface area contributed by atoms with Crippen molar-refractivity contribution in [1.82, 2.24) is 0 Å². The predicted molar refractivity (Wildman–Crippen MR) is 57.4 cm³/mol. The van der Waals surface area contributed by atoms with Gasteiger partial charge in [0.15, 0.2) is 0 Å². The van der Waals surface area contributed by atoms with Gasteiger partial charge in [0, 0.05) is 25.7 Å². The average molecular weight is 215 g/mol. The minimum Gasteiger partial charge on any atom is -0.466 e. The summed E-state index contributed by atoms with van der Waals surface area (Å²) in [4.78, 5) is 11.1. The summed E-state index contributed by atoms with van der Waals surface area (Å²) in [5.41, 5.74) is 5.93. The Balaban J connectivity index is 2.07. The van der Waals surface area contributed by atoms with Gasteiger partial charge >= 0.3 is 5.97 Å². The van der Waals surface area contributed by atoms with Gasteiger partial charge in [-0.2, -0.15) is 0 Å². The second kappa shape index (κ2) is 6.80. The van der Waals surface area contributed by atoms with E-state index in [9.17, 15) is 4.79 Å². The zero-order valence-electron chi connectivity index (χ0n) is 9.41. The number of ether oxygens (including phenoxy) is 2. The third-order valence-electron chi connectivity index (χ3n) is 2.68. The van der Waals surface area contributed by atoms with Crippen LogP contribution in [0.2, 0.25) is 0 Å². The first kappa shape index (κ1) is 12.5. The fraction of sp³-hybridized carbons (Fsp3) is 0.909. The Morgan fingerprint density at radius 3 is 3.07 bits per heavy atom. The molecule has 0 amide bonds. The molecule has 15 heavy (non-hydrogen) atoms. The van der Waals surface area contributed by atoms with Gasteiger partial charge in [-0.1, -0.05) is 0 Å². The second-order valence-electron chi connectivity index (χ2n) is 4.07. The Hall–Kier alpha value is -0.610. The summed E-state index contributed by atoms with van der Waals surface area (Å²) in [6.45, 7) is 3.95. The van der Waals surface area contributed by atoms with Crippen LogP contribution in [0.5, 0.6) is 0 Å². The van der Waals surface area contributed by atoms with Crippen LogP contribution in [0.3, 0.4) is 0 Å². The summed E-state index contributed by atoms with van der Waals surface area (Å²) < 4.78 is 10.1. The summed E-state index contributed by atoms with van der Waals surface area (Å²) in [7, 11) is 0. The monoisotopic (exact) mass is 215 g/mol. The highest BCUT2D eigenvalue weighted by atomic mass is 16.5. The van der Waals surface area contributed by atoms with Crippen LogP contribution >= 0.6 is 0 Å². The fourth-order valence-electron chi connectivity index (χ4n) is 1.85. The number of esters is 1. The lowest BCUT2D eigenvalue weighted by molar-refractivity contribution is -0.143. The van der Waals surface area contributed by atoms with Gasteiger partial charge in [-0.15, -0.1) is 0 Å². The van der Waals surface area contributed by atoms with Crippen LogP contribution in [-0.4, -0.2) is 31.8 Å². The minimum atomic E-state index is -0.143. The van der Waals surface area contributed by atoms with Crippen molar-refractivity contribution in [3.8, 4) is 0 Å². The van der Waals surface area contributed by atoms with Gasteiger partial charge in [0.25, 0.3) is 0 Å². The Labute approximate surface area is 91.1 Å². The molecule has 1 rings (SSSR count). The van der Waals surface area contributed by atoms with E-state index in [0.717, 1.165) is 32.5 Å². The molecular formula is C11H21NO3. The zero-order valence-corrected chi connectivity index (χ0v) is 9.41. The van der Waals surface area contributed by atoms with E-state index in [1.165, 1.54) is 0 Å². The van der Waals surface area contributed by atoms with E-state index in [0.29, 0.717) is 18.9 Å². The summed E-state index contributed by atoms with van der Waals surface area (Å²) in [6.07, 6.45) is 3.21. The molecule has 0 aromatic rings. The van der Waals surface area contributed by atoms with Crippen LogP contribution < -0.4 is 5.73 Å². The Kier molecular flexibility index (Phi) is 5.65. The van der Waals surface area contributed by atoms with Crippen LogP contribution in [0, 0.1) is 5.92 Å². The van der Waals surface area contributed by atoms with Gasteiger partial charge in [0.1, 0.15) is 0 Å². The maximum Gasteiger partial charge on any atom is 0.305 e. The lowest BCUT2D eigenvalue weighted by atomic mass is 9.97. The van der Waals surface area contributed by atoms with Gasteiger partial charge in [-0.25, -0.2) is 0 Å². The highest BCUT2D eigenvalue weighted by Gasteiger charge is 2.19. The molecule has 88 valence electrons. The molecular weight excluding hydrogens is 194 g/mol. The van der Waals surface area contributed by atoms with Crippen LogP contribution in [0.25, 0.3) is 0 Å². The highest BCUT2D eigenvalue weighted by molar-refractivity contribution is 5.69. The Bertz CT molecular complexity index is 190. The third kappa shape index (κ3) is 5.14. The summed E-state index contributed by atoms with van der Waals surface area (Å²) in [5.74, 6) is 0.442. The quantitative estimate of drug-likeness (QED) is 0.674. The first-order valence-electron chi connectivity index (χ1n) is 5.71. The molecule has 4 nitrogen and oxygen atoms in total. The van der Waals surface area contributed by atoms with E-state index in [4.69, 9.17) is 15.2 Å². The zero-order chi connectivity index (χ0) is 11.1. The van der Waals surface area contributed by atoms with Gasteiger partial charge in [-0.05, 0) is 32.1 Å². The van der Waals surface area contributed by atoms with Crippen molar-refractivity contribution >= 4 is 5.97 Å². The lowest BCUT2D eigenvalue weighted by Gasteiger charge is -2.14. The van der Waals surface area contributed by atoms with Gasteiger partial charge in [0.2, 0.25) is 0 Å². The molecule has 0 radical (unpaired) electrons. The Morgan fingerprint density at radius 2 is 2.47 bits per heavy atom. The van der Waals surface area contributed by atoms with Gasteiger partial charge < -0.3 is 15.2 Å². The standard InChI is InChI=1S/C11H21NO3/c1-2-15-11(13)4-3-10(12)7-9-5-6-14-8-9/h9-10H,2-8,12H2,1H3. The molecule has 1 heterocycles. The molecule has 0 bridgehead atoms. The average Bonchev–Trinajstić information content (AvgIpc) is 2.68. The first-order chi connectivity index (χ1) is 7.22. The molecule has 2 unspecified atom stereocenters. The van der Waals surface area contributed by atoms with Crippen molar-refractivity contribution in [1.29, 1.82) is 0 Å². The second-order valence-corrected chi connectivity index (χ2v) is 4.07. The van der Waals surface area contributed by atoms with E-state index in [1.54, 1.807) is 0 Å². The molecule has 0 aromatic heterocycles. The number of carbonyl (C=O) groups excluding carboxylic acids is 1.